The van der Waals surface area contributed by atoms with Gasteiger partial charge in [0.25, 0.3) is 5.95 Å². The molecule has 0 radical (unpaired) electrons. The van der Waals surface area contributed by atoms with Gasteiger partial charge in [0, 0.05) is 18.1 Å². The molecule has 1 N–H and O–H groups in total. The third kappa shape index (κ3) is 3.40. The van der Waals surface area contributed by atoms with Gasteiger partial charge in [0.05, 0.1) is 12.8 Å². The van der Waals surface area contributed by atoms with Crippen LogP contribution in [-0.2, 0) is 4.74 Å². The highest BCUT2D eigenvalue weighted by Gasteiger charge is 2.17. The van der Waals surface area contributed by atoms with Gasteiger partial charge >= 0.3 is 5.97 Å². The average molecular weight is 323 g/mol. The zero-order chi connectivity index (χ0) is 16.9. The highest BCUT2D eigenvalue weighted by atomic mass is 16.5. The lowest BCUT2D eigenvalue weighted by Gasteiger charge is -2.11. The molecule has 0 aliphatic heterocycles. The summed E-state index contributed by atoms with van der Waals surface area (Å²) in [5.41, 5.74) is 2.07. The van der Waals surface area contributed by atoms with Gasteiger partial charge < -0.3 is 10.1 Å². The molecule has 0 bridgehead atoms. The van der Waals surface area contributed by atoms with Crippen LogP contribution >= 0.6 is 0 Å². The first-order valence-electron chi connectivity index (χ1n) is 7.55. The first-order valence-corrected chi connectivity index (χ1v) is 7.55. The molecule has 3 aromatic rings. The average Bonchev–Trinajstić information content (AvgIpc) is 3.02. The van der Waals surface area contributed by atoms with E-state index in [0.29, 0.717) is 11.8 Å². The Kier molecular flexibility index (Phi) is 4.51. The number of anilines is 2. The zero-order valence-corrected chi connectivity index (χ0v) is 13.4. The number of rotatable bonds is 5. The van der Waals surface area contributed by atoms with Crippen LogP contribution in [0.1, 0.15) is 22.8 Å². The molecule has 7 nitrogen and oxygen atoms in total. The number of carbonyl (C=O) groups is 1. The zero-order valence-electron chi connectivity index (χ0n) is 13.4. The summed E-state index contributed by atoms with van der Waals surface area (Å²) in [4.78, 5) is 20.8. The van der Waals surface area contributed by atoms with E-state index in [0.717, 1.165) is 11.3 Å². The maximum Gasteiger partial charge on any atom is 0.343 e. The summed E-state index contributed by atoms with van der Waals surface area (Å²) >= 11 is 0. The molecule has 0 fully saturated rings. The summed E-state index contributed by atoms with van der Waals surface area (Å²) in [5, 5.41) is 7.33. The van der Waals surface area contributed by atoms with Gasteiger partial charge in [-0.2, -0.15) is 10.1 Å². The lowest BCUT2D eigenvalue weighted by Crippen LogP contribution is -2.13. The van der Waals surface area contributed by atoms with E-state index >= 15 is 0 Å². The number of nitrogens with zero attached hydrogens (tertiary/aromatic N) is 4. The van der Waals surface area contributed by atoms with Gasteiger partial charge in [-0.25, -0.2) is 14.5 Å². The highest BCUT2D eigenvalue weighted by molar-refractivity contribution is 5.95. The lowest BCUT2D eigenvalue weighted by molar-refractivity contribution is 0.0526. The van der Waals surface area contributed by atoms with Gasteiger partial charge in [0.15, 0.2) is 5.82 Å². The molecule has 0 saturated carbocycles. The van der Waals surface area contributed by atoms with Gasteiger partial charge in [-0.05, 0) is 31.5 Å². The summed E-state index contributed by atoms with van der Waals surface area (Å²) in [6, 6.07) is 9.47. The van der Waals surface area contributed by atoms with Crippen molar-refractivity contribution in [3.8, 4) is 5.95 Å². The Morgan fingerprint density at radius 1 is 1.25 bits per heavy atom. The van der Waals surface area contributed by atoms with Crippen LogP contribution < -0.4 is 5.32 Å². The Balaban J connectivity index is 2.01. The number of para-hydroxylation sites is 1. The second kappa shape index (κ2) is 6.91. The molecule has 2 aromatic heterocycles. The van der Waals surface area contributed by atoms with Crippen LogP contribution in [0.15, 0.2) is 48.9 Å². The van der Waals surface area contributed by atoms with Crippen molar-refractivity contribution in [1.82, 2.24) is 19.7 Å². The lowest BCUT2D eigenvalue weighted by atomic mass is 10.2. The minimum atomic E-state index is -0.473. The third-order valence-corrected chi connectivity index (χ3v) is 3.22. The summed E-state index contributed by atoms with van der Waals surface area (Å²) in [6.07, 6.45) is 4.97. The first-order chi connectivity index (χ1) is 11.7. The van der Waals surface area contributed by atoms with Gasteiger partial charge in [0.1, 0.15) is 5.56 Å². The van der Waals surface area contributed by atoms with Crippen molar-refractivity contribution in [3.63, 3.8) is 0 Å². The molecule has 0 aliphatic carbocycles. The van der Waals surface area contributed by atoms with Crippen molar-refractivity contribution in [2.75, 3.05) is 11.9 Å². The standard InChI is InChI=1S/C17H17N5O2/c1-3-24-16(23)14-10-18-17(22-11-12(2)9-19-22)21-15(14)20-13-7-5-4-6-8-13/h4-11H,3H2,1-2H3,(H,18,20,21). The van der Waals surface area contributed by atoms with Crippen LogP contribution in [0.3, 0.4) is 0 Å². The molecular formula is C17H17N5O2. The predicted octanol–water partition coefficient (Wildman–Crippen LogP) is 2.89. The fraction of sp³-hybridized carbons (Fsp3) is 0.176. The fourth-order valence-electron chi connectivity index (χ4n) is 2.12. The van der Waals surface area contributed by atoms with Crippen LogP contribution in [0.2, 0.25) is 0 Å². The number of hydrogen-bond acceptors (Lipinski definition) is 6. The summed E-state index contributed by atoms with van der Waals surface area (Å²) in [5.74, 6) is 0.270. The molecule has 7 heteroatoms. The van der Waals surface area contributed by atoms with E-state index in [1.165, 1.54) is 6.20 Å². The van der Waals surface area contributed by atoms with Crippen LogP contribution in [0, 0.1) is 6.92 Å². The summed E-state index contributed by atoms with van der Waals surface area (Å²) in [6.45, 7) is 3.97. The Labute approximate surface area is 139 Å². The number of carbonyl (C=O) groups excluding carboxylic acids is 1. The van der Waals surface area contributed by atoms with E-state index < -0.39 is 5.97 Å². The number of hydrogen-bond donors (Lipinski definition) is 1. The second-order valence-electron chi connectivity index (χ2n) is 5.11. The molecule has 0 spiro atoms. The quantitative estimate of drug-likeness (QED) is 0.727. The maximum atomic E-state index is 12.1. The van der Waals surface area contributed by atoms with Gasteiger partial charge in [0.2, 0.25) is 0 Å². The molecule has 2 heterocycles. The molecule has 0 amide bonds. The van der Waals surface area contributed by atoms with E-state index in [-0.39, 0.29) is 12.2 Å². The van der Waals surface area contributed by atoms with Crippen LogP contribution in [0.4, 0.5) is 11.5 Å². The van der Waals surface area contributed by atoms with Crippen LogP contribution in [-0.4, -0.2) is 32.3 Å². The van der Waals surface area contributed by atoms with Crippen molar-refractivity contribution < 1.29 is 9.53 Å². The number of aryl methyl sites for hydroxylation is 1. The number of benzene rings is 1. The van der Waals surface area contributed by atoms with E-state index in [1.807, 2.05) is 43.5 Å². The van der Waals surface area contributed by atoms with E-state index in [1.54, 1.807) is 17.8 Å². The predicted molar refractivity (Wildman–Crippen MR) is 89.6 cm³/mol. The fourth-order valence-corrected chi connectivity index (χ4v) is 2.12. The number of aromatic nitrogens is 4. The molecule has 24 heavy (non-hydrogen) atoms. The minimum Gasteiger partial charge on any atom is -0.462 e. The Bertz CT molecular complexity index is 845. The van der Waals surface area contributed by atoms with Gasteiger partial charge in [-0.15, -0.1) is 0 Å². The SMILES string of the molecule is CCOC(=O)c1cnc(-n2cc(C)cn2)nc1Nc1ccccc1. The highest BCUT2D eigenvalue weighted by Crippen LogP contribution is 2.20. The van der Waals surface area contributed by atoms with Crippen molar-refractivity contribution in [2.45, 2.75) is 13.8 Å². The second-order valence-corrected chi connectivity index (χ2v) is 5.11. The normalized spacial score (nSPS) is 10.4. The van der Waals surface area contributed by atoms with E-state index in [4.69, 9.17) is 4.74 Å². The molecule has 1 aromatic carbocycles. The molecular weight excluding hydrogens is 306 g/mol. The molecule has 0 unspecified atom stereocenters. The Morgan fingerprint density at radius 3 is 2.71 bits per heavy atom. The van der Waals surface area contributed by atoms with Crippen LogP contribution in [0.5, 0.6) is 0 Å². The van der Waals surface area contributed by atoms with Gasteiger partial charge in [-0.3, -0.25) is 0 Å². The molecule has 3 rings (SSSR count). The van der Waals surface area contributed by atoms with E-state index in [2.05, 4.69) is 20.4 Å². The summed E-state index contributed by atoms with van der Waals surface area (Å²) < 4.78 is 6.63. The van der Waals surface area contributed by atoms with Crippen molar-refractivity contribution in [3.05, 3.63) is 60.0 Å². The number of esters is 1. The minimum absolute atomic E-state index is 0.272. The monoisotopic (exact) mass is 323 g/mol. The Hall–Kier alpha value is -3.22. The Morgan fingerprint density at radius 2 is 2.04 bits per heavy atom. The smallest absolute Gasteiger partial charge is 0.343 e. The van der Waals surface area contributed by atoms with Crippen LogP contribution in [0.25, 0.3) is 5.95 Å². The number of ether oxygens (including phenoxy) is 1. The first kappa shape index (κ1) is 15.7. The molecule has 122 valence electrons. The van der Waals surface area contributed by atoms with E-state index in [9.17, 15) is 4.79 Å². The van der Waals surface area contributed by atoms with Gasteiger partial charge in [-0.1, -0.05) is 18.2 Å². The third-order valence-electron chi connectivity index (χ3n) is 3.22. The largest absolute Gasteiger partial charge is 0.462 e. The molecule has 0 aliphatic rings. The molecule has 0 saturated heterocycles. The number of nitrogens with one attached hydrogen (secondary N) is 1. The topological polar surface area (TPSA) is 81.9 Å². The van der Waals surface area contributed by atoms with Crippen molar-refractivity contribution in [2.24, 2.45) is 0 Å². The van der Waals surface area contributed by atoms with Crippen molar-refractivity contribution >= 4 is 17.5 Å². The maximum absolute atomic E-state index is 12.1. The molecule has 0 atom stereocenters. The summed E-state index contributed by atoms with van der Waals surface area (Å²) in [7, 11) is 0. The van der Waals surface area contributed by atoms with Crippen molar-refractivity contribution in [1.29, 1.82) is 0 Å².